The number of amides is 12. The van der Waals surface area contributed by atoms with E-state index in [-0.39, 0.29) is 81.9 Å². The summed E-state index contributed by atoms with van der Waals surface area (Å²) in [5, 5.41) is 53.7. The Bertz CT molecular complexity index is 7010. The first-order valence-electron chi connectivity index (χ1n) is 49.8. The third-order valence-electron chi connectivity index (χ3n) is 30.1. The molecular formula is C108H121N21O19S. The highest BCUT2D eigenvalue weighted by molar-refractivity contribution is 7.20. The standard InChI is InChI=1S/C22H21N3O3.C20H27N3O3.C18H17N3O3S.C17H16N4O3.C16H17N3O4.C15H23N5O3/c1-15-12-24-13-19(21(26)23-28)11-20(24)14-25(15)22(27)18-9-7-17(8-10-18)16-5-3-2-4-6-16;1-12-17-7-16(18(24)21-26)11-22(17)2-3-23(12)19(25)20-8-13-4-14(9-20)6-15(5-13)10-20;1-11-8-20-9-13(17(22)19-24)6-14(20)10-21(11)18(23)16-7-12-4-2-3-5-15(12)25-16;1-18-14-5-2-4-12(8-14)10-21-7-3-6-20-11-13(16(22)19-24)9-15(20)17(21)23;1-23-13-4-2-3-11(7-13)9-19-6-5-18-10-12(15(20)17-22)8-14(18)16(19)21;1-10-13-16-12(14(21)17-23)9-19(13)7-8-20(10)15(22)11-3-5-18(2)6-4-11/h2-11,13,15,28H,12,14H2,1H3,(H,23,26);7,11-15,26H,2-6,8-10H2,1H3,(H,21,24);2-7,9,11,24H,8,10H2,1H3,(H,19,22);2,4-5,8-9,11,24H,3,6-7,10H2,(H,19,22);2-4,7-8,10,22H,5-6,9H2,1H3,(H,17,20);9-11,23H,3-8H2,1-2H3,(H,17,21). The summed E-state index contributed by atoms with van der Waals surface area (Å²) in [6.45, 7) is 24.9. The fourth-order valence-corrected chi connectivity index (χ4v) is 23.7. The van der Waals surface area contributed by atoms with Gasteiger partial charge in [0.25, 0.3) is 59.1 Å². The van der Waals surface area contributed by atoms with Crippen molar-refractivity contribution < 1.29 is 93.5 Å². The number of aryl methyl sites for hydroxylation is 1. The summed E-state index contributed by atoms with van der Waals surface area (Å²) in [6.07, 6.45) is 19.8. The number of carbonyl (C=O) groups excluding carboxylic acids is 12. The van der Waals surface area contributed by atoms with Crippen LogP contribution in [0.1, 0.15) is 235 Å². The SMILES string of the molecule is CC1Cn2cc(C(=O)NO)cc2CN1C(=O)c1cc2ccccc2s1.CC1Cn2cc(C(=O)NO)cc2CN1C(=O)c1ccc(-c2ccccc2)cc1.CC1c2cc(C(=O)NO)cn2CCN1C(=O)C12CC3CC(CC(C3)C1)C2.CC1c2nc(C(=O)NO)cn2CCN1C(=O)C1CCN(C)CC1.COc1cccc(CN2CCn3cc(C(=O)NO)cc3C2=O)c1.[C-]#[N+]c1cccc(CN2CCCn3cc(C(=O)NO)cc3C2=O)c1. The fourth-order valence-electron chi connectivity index (χ4n) is 22.7. The average molecular weight is 2050 g/mol. The predicted molar refractivity (Wildman–Crippen MR) is 543 cm³/mol. The first-order valence-corrected chi connectivity index (χ1v) is 50.7. The average Bonchev–Trinajstić information content (AvgIpc) is 1.18. The third-order valence-corrected chi connectivity index (χ3v) is 31.2. The van der Waals surface area contributed by atoms with Gasteiger partial charge in [-0.2, -0.15) is 0 Å². The Morgan fingerprint density at radius 2 is 0.946 bits per heavy atom. The van der Waals surface area contributed by atoms with E-state index in [1.54, 1.807) is 133 Å². The van der Waals surface area contributed by atoms with E-state index in [1.165, 1.54) is 42.7 Å². The number of hydrogen-bond donors (Lipinski definition) is 12. The van der Waals surface area contributed by atoms with Gasteiger partial charge in [0.2, 0.25) is 11.8 Å². The van der Waals surface area contributed by atoms with Crippen LogP contribution in [-0.2, 0) is 75.0 Å². The van der Waals surface area contributed by atoms with E-state index in [0.717, 1.165) is 129 Å². The molecule has 4 atom stereocenters. The molecule has 4 saturated carbocycles. The minimum atomic E-state index is -0.639. The predicted octanol–water partition coefficient (Wildman–Crippen LogP) is 12.6. The van der Waals surface area contributed by atoms with Crippen molar-refractivity contribution in [3.05, 3.63) is 302 Å². The Morgan fingerprint density at radius 3 is 1.51 bits per heavy atom. The summed E-state index contributed by atoms with van der Waals surface area (Å²) in [5.74, 6) is 0.499. The lowest BCUT2D eigenvalue weighted by Gasteiger charge is -2.57. The molecule has 7 aliphatic heterocycles. The molecule has 23 rings (SSSR count). The molecule has 40 nitrogen and oxygen atoms in total. The molecule has 12 N–H and O–H groups in total. The van der Waals surface area contributed by atoms with Gasteiger partial charge in [0.1, 0.15) is 28.7 Å². The largest absolute Gasteiger partial charge is 0.497 e. The second-order valence-electron chi connectivity index (χ2n) is 39.8. The lowest BCUT2D eigenvalue weighted by atomic mass is 9.49. The van der Waals surface area contributed by atoms with Gasteiger partial charge in [-0.3, -0.25) is 88.8 Å². The van der Waals surface area contributed by atoms with Crippen LogP contribution in [0.5, 0.6) is 5.75 Å². The summed E-state index contributed by atoms with van der Waals surface area (Å²) in [4.78, 5) is 169. The molecule has 14 heterocycles. The molecule has 4 bridgehead atoms. The minimum absolute atomic E-state index is 0.00811. The molecule has 5 fully saturated rings. The van der Waals surface area contributed by atoms with Crippen LogP contribution in [0, 0.1) is 35.7 Å². The first-order chi connectivity index (χ1) is 71.9. The summed E-state index contributed by atoms with van der Waals surface area (Å²) < 4.78 is 17.6. The number of rotatable bonds is 16. The van der Waals surface area contributed by atoms with Gasteiger partial charge >= 0.3 is 0 Å². The second kappa shape index (κ2) is 45.8. The molecule has 12 amide bonds. The van der Waals surface area contributed by atoms with Crippen molar-refractivity contribution in [3.8, 4) is 16.9 Å². The van der Waals surface area contributed by atoms with Crippen molar-refractivity contribution in [1.82, 2.24) is 99.6 Å². The van der Waals surface area contributed by atoms with Crippen LogP contribution in [-0.4, -0.2) is 234 Å². The molecule has 11 aliphatic rings. The summed E-state index contributed by atoms with van der Waals surface area (Å²) in [5.41, 5.74) is 20.3. The van der Waals surface area contributed by atoms with E-state index in [2.05, 4.69) is 33.6 Å². The summed E-state index contributed by atoms with van der Waals surface area (Å²) in [7, 11) is 3.68. The van der Waals surface area contributed by atoms with Crippen molar-refractivity contribution in [2.24, 2.45) is 29.1 Å². The molecule has 12 aromatic rings. The zero-order valence-corrected chi connectivity index (χ0v) is 84.3. The van der Waals surface area contributed by atoms with E-state index in [4.69, 9.17) is 42.6 Å². The van der Waals surface area contributed by atoms with Crippen LogP contribution in [0.15, 0.2) is 201 Å². The van der Waals surface area contributed by atoms with Crippen molar-refractivity contribution in [3.63, 3.8) is 0 Å². The minimum Gasteiger partial charge on any atom is -0.497 e. The van der Waals surface area contributed by atoms with E-state index in [9.17, 15) is 57.5 Å². The Balaban J connectivity index is 0.000000122. The number of nitrogens with one attached hydrogen (secondary N) is 6. The van der Waals surface area contributed by atoms with E-state index < -0.39 is 35.4 Å². The monoisotopic (exact) mass is 2050 g/mol. The Kier molecular flexibility index (Phi) is 32.1. The maximum Gasteiger partial charge on any atom is 0.294 e. The topological polar surface area (TPSA) is 477 Å². The van der Waals surface area contributed by atoms with Crippen LogP contribution in [0.2, 0.25) is 0 Å². The van der Waals surface area contributed by atoms with Crippen molar-refractivity contribution in [1.29, 1.82) is 0 Å². The number of methoxy groups -OCH3 is 1. The van der Waals surface area contributed by atoms with Crippen molar-refractivity contribution >= 4 is 98.0 Å². The maximum atomic E-state index is 13.7. The maximum absolute atomic E-state index is 13.7. The highest BCUT2D eigenvalue weighted by Crippen LogP contribution is 2.61. The Labute approximate surface area is 862 Å². The molecule has 41 heteroatoms. The normalized spacial score (nSPS) is 20.2. The Hall–Kier alpha value is -15.7. The smallest absolute Gasteiger partial charge is 0.294 e. The number of benzene rings is 5. The van der Waals surface area contributed by atoms with Crippen LogP contribution >= 0.6 is 11.3 Å². The van der Waals surface area contributed by atoms with Gasteiger partial charge in [-0.25, -0.2) is 42.7 Å². The van der Waals surface area contributed by atoms with Gasteiger partial charge < -0.3 is 66.4 Å². The number of hydrogen-bond acceptors (Lipinski definition) is 22. The van der Waals surface area contributed by atoms with Gasteiger partial charge in [-0.05, 0) is 218 Å². The number of likely N-dealkylation sites (tertiary alicyclic amines) is 1. The molecular weight excluding hydrogens is 1930 g/mol. The van der Waals surface area contributed by atoms with Crippen LogP contribution < -0.4 is 37.6 Å². The highest BCUT2D eigenvalue weighted by atomic mass is 32.1. The number of hydroxylamine groups is 6. The van der Waals surface area contributed by atoms with Gasteiger partial charge in [-0.15, -0.1) is 11.3 Å². The zero-order chi connectivity index (χ0) is 105. The van der Waals surface area contributed by atoms with Crippen molar-refractivity contribution in [2.45, 2.75) is 175 Å². The molecule has 5 aromatic carbocycles. The van der Waals surface area contributed by atoms with Gasteiger partial charge in [0.05, 0.1) is 77.0 Å². The van der Waals surface area contributed by atoms with Crippen LogP contribution in [0.3, 0.4) is 0 Å². The van der Waals surface area contributed by atoms with Crippen LogP contribution in [0.4, 0.5) is 5.69 Å². The molecule has 149 heavy (non-hydrogen) atoms. The van der Waals surface area contributed by atoms with E-state index in [0.29, 0.717) is 143 Å². The number of ether oxygens (including phenoxy) is 1. The molecule has 0 spiro atoms. The lowest BCUT2D eigenvalue weighted by Crippen LogP contribution is -2.56. The third kappa shape index (κ3) is 22.9. The summed E-state index contributed by atoms with van der Waals surface area (Å²) in [6, 6.07) is 50.3. The second-order valence-corrected chi connectivity index (χ2v) is 40.9. The fraction of sp³-hybridized carbons (Fsp3) is 0.370. The number of fused-ring (bicyclic) bond motifs is 7. The highest BCUT2D eigenvalue weighted by Gasteiger charge is 2.57. The molecule has 4 unspecified atom stereocenters. The number of piperidine rings is 1. The number of aromatic nitrogens is 7. The number of imidazole rings is 1. The van der Waals surface area contributed by atoms with Gasteiger partial charge in [-0.1, -0.05) is 97.1 Å². The zero-order valence-electron chi connectivity index (χ0n) is 83.5. The number of thiophene rings is 1. The van der Waals surface area contributed by atoms with E-state index >= 15 is 0 Å². The van der Waals surface area contributed by atoms with E-state index in [1.807, 2.05) is 169 Å². The number of carbonyl (C=O) groups is 12. The number of nitrogens with zero attached hydrogens (tertiary/aromatic N) is 15. The van der Waals surface area contributed by atoms with Crippen molar-refractivity contribution in [2.75, 3.05) is 53.4 Å². The lowest BCUT2D eigenvalue weighted by molar-refractivity contribution is -0.161. The van der Waals surface area contributed by atoms with Crippen LogP contribution in [0.25, 0.3) is 26.1 Å². The summed E-state index contributed by atoms with van der Waals surface area (Å²) >= 11 is 1.50. The molecule has 778 valence electrons. The Morgan fingerprint density at radius 1 is 0.456 bits per heavy atom. The quantitative estimate of drug-likeness (QED) is 0.0243. The molecule has 7 aromatic heterocycles. The van der Waals surface area contributed by atoms with Gasteiger partial charge in [0, 0.05) is 161 Å². The molecule has 0 radical (unpaired) electrons. The molecule has 1 saturated heterocycles. The first kappa shape index (κ1) is 105. The van der Waals surface area contributed by atoms with Gasteiger partial charge in [0.15, 0.2) is 5.69 Å². The molecule has 4 aliphatic carbocycles.